The van der Waals surface area contributed by atoms with Gasteiger partial charge in [-0.25, -0.2) is 0 Å². The summed E-state index contributed by atoms with van der Waals surface area (Å²) in [6, 6.07) is 8.34. The fraction of sp³-hybridized carbons (Fsp3) is 0.182. The fourth-order valence-corrected chi connectivity index (χ4v) is 1.72. The first kappa shape index (κ1) is 9.46. The van der Waals surface area contributed by atoms with Crippen LogP contribution in [0.2, 0.25) is 0 Å². The predicted molar refractivity (Wildman–Crippen MR) is 61.2 cm³/mol. The number of hydrogen-bond acceptors (Lipinski definition) is 1. The molecule has 0 bridgehead atoms. The highest BCUT2D eigenvalue weighted by molar-refractivity contribution is 9.10. The minimum Gasteiger partial charge on any atom is -0.281 e. The van der Waals surface area contributed by atoms with E-state index in [-0.39, 0.29) is 0 Å². The molecule has 1 aromatic heterocycles. The summed E-state index contributed by atoms with van der Waals surface area (Å²) in [6.07, 6.45) is 0. The molecule has 72 valence electrons. The van der Waals surface area contributed by atoms with Crippen molar-refractivity contribution in [3.05, 3.63) is 40.0 Å². The van der Waals surface area contributed by atoms with Crippen molar-refractivity contribution in [2.75, 3.05) is 0 Å². The van der Waals surface area contributed by atoms with E-state index in [1.165, 1.54) is 5.56 Å². The Morgan fingerprint density at radius 2 is 1.79 bits per heavy atom. The molecule has 0 atom stereocenters. The van der Waals surface area contributed by atoms with Crippen LogP contribution in [0.1, 0.15) is 11.3 Å². The lowest BCUT2D eigenvalue weighted by Crippen LogP contribution is -1.79. The molecule has 2 aromatic rings. The Morgan fingerprint density at radius 3 is 2.29 bits per heavy atom. The quantitative estimate of drug-likeness (QED) is 0.826. The Bertz CT molecular complexity index is 443. The highest BCUT2D eigenvalue weighted by Gasteiger charge is 2.08. The standard InChI is InChI=1S/C11H11BrN2/c1-7-3-5-9(6-4-7)11-10(12)8(2)13-14-11/h3-6H,1-2H3,(H,13,14). The number of aryl methyl sites for hydroxylation is 2. The van der Waals surface area contributed by atoms with Gasteiger partial charge in [-0.3, -0.25) is 5.10 Å². The van der Waals surface area contributed by atoms with Gasteiger partial charge in [-0.05, 0) is 29.8 Å². The van der Waals surface area contributed by atoms with Gasteiger partial charge in [0.25, 0.3) is 0 Å². The summed E-state index contributed by atoms with van der Waals surface area (Å²) >= 11 is 3.51. The van der Waals surface area contributed by atoms with Crippen molar-refractivity contribution in [3.8, 4) is 11.3 Å². The van der Waals surface area contributed by atoms with Crippen LogP contribution in [0.5, 0.6) is 0 Å². The minimum atomic E-state index is 0.975. The van der Waals surface area contributed by atoms with Crippen molar-refractivity contribution in [1.29, 1.82) is 0 Å². The highest BCUT2D eigenvalue weighted by Crippen LogP contribution is 2.28. The lowest BCUT2D eigenvalue weighted by Gasteiger charge is -1.98. The van der Waals surface area contributed by atoms with Crippen molar-refractivity contribution < 1.29 is 0 Å². The molecule has 0 aliphatic rings. The van der Waals surface area contributed by atoms with Crippen LogP contribution in [-0.4, -0.2) is 10.2 Å². The normalized spacial score (nSPS) is 10.5. The Morgan fingerprint density at radius 1 is 1.14 bits per heavy atom. The summed E-state index contributed by atoms with van der Waals surface area (Å²) in [7, 11) is 0. The molecule has 14 heavy (non-hydrogen) atoms. The molecule has 0 radical (unpaired) electrons. The van der Waals surface area contributed by atoms with Crippen LogP contribution < -0.4 is 0 Å². The fourth-order valence-electron chi connectivity index (χ4n) is 1.32. The summed E-state index contributed by atoms with van der Waals surface area (Å²) in [5.74, 6) is 0. The van der Waals surface area contributed by atoms with Crippen LogP contribution in [0.25, 0.3) is 11.3 Å². The Balaban J connectivity index is 2.49. The molecule has 1 heterocycles. The van der Waals surface area contributed by atoms with Gasteiger partial charge in [-0.2, -0.15) is 5.10 Å². The Labute approximate surface area is 91.5 Å². The number of hydrogen-bond donors (Lipinski definition) is 1. The van der Waals surface area contributed by atoms with Crippen LogP contribution in [-0.2, 0) is 0 Å². The van der Waals surface area contributed by atoms with E-state index < -0.39 is 0 Å². The molecule has 0 saturated heterocycles. The molecule has 1 aromatic carbocycles. The highest BCUT2D eigenvalue weighted by atomic mass is 79.9. The van der Waals surface area contributed by atoms with Crippen molar-refractivity contribution in [2.24, 2.45) is 0 Å². The maximum absolute atomic E-state index is 4.24. The predicted octanol–water partition coefficient (Wildman–Crippen LogP) is 3.46. The van der Waals surface area contributed by atoms with E-state index in [1.807, 2.05) is 6.92 Å². The van der Waals surface area contributed by atoms with Crippen molar-refractivity contribution >= 4 is 15.9 Å². The molecule has 0 aliphatic heterocycles. The van der Waals surface area contributed by atoms with Gasteiger partial charge in [0.2, 0.25) is 0 Å². The van der Waals surface area contributed by atoms with Crippen LogP contribution >= 0.6 is 15.9 Å². The van der Waals surface area contributed by atoms with E-state index in [4.69, 9.17) is 0 Å². The molecule has 0 amide bonds. The third kappa shape index (κ3) is 1.60. The van der Waals surface area contributed by atoms with E-state index in [1.54, 1.807) is 0 Å². The second kappa shape index (κ2) is 3.58. The average Bonchev–Trinajstić information content (AvgIpc) is 2.50. The molecular weight excluding hydrogens is 240 g/mol. The molecule has 0 unspecified atom stereocenters. The van der Waals surface area contributed by atoms with Crippen molar-refractivity contribution in [1.82, 2.24) is 10.2 Å². The molecule has 1 N–H and O–H groups in total. The number of H-pyrrole nitrogens is 1. The van der Waals surface area contributed by atoms with Crippen LogP contribution in [0, 0.1) is 13.8 Å². The maximum Gasteiger partial charge on any atom is 0.107 e. The summed E-state index contributed by atoms with van der Waals surface area (Å²) in [4.78, 5) is 0. The number of nitrogens with zero attached hydrogens (tertiary/aromatic N) is 1. The number of rotatable bonds is 1. The van der Waals surface area contributed by atoms with E-state index in [2.05, 4.69) is 57.3 Å². The summed E-state index contributed by atoms with van der Waals surface area (Å²) in [6.45, 7) is 4.07. The van der Waals surface area contributed by atoms with E-state index >= 15 is 0 Å². The van der Waals surface area contributed by atoms with Crippen LogP contribution in [0.4, 0.5) is 0 Å². The van der Waals surface area contributed by atoms with Crippen LogP contribution in [0.3, 0.4) is 0 Å². The first-order chi connectivity index (χ1) is 6.68. The lowest BCUT2D eigenvalue weighted by atomic mass is 10.1. The molecule has 3 heteroatoms. The first-order valence-electron chi connectivity index (χ1n) is 4.46. The van der Waals surface area contributed by atoms with Gasteiger partial charge in [-0.15, -0.1) is 0 Å². The number of benzene rings is 1. The van der Waals surface area contributed by atoms with Crippen LogP contribution in [0.15, 0.2) is 28.7 Å². The zero-order valence-corrected chi connectivity index (χ0v) is 9.72. The van der Waals surface area contributed by atoms with E-state index in [0.29, 0.717) is 0 Å². The second-order valence-electron chi connectivity index (χ2n) is 3.38. The van der Waals surface area contributed by atoms with Gasteiger partial charge in [0.05, 0.1) is 4.47 Å². The van der Waals surface area contributed by atoms with Gasteiger partial charge < -0.3 is 0 Å². The summed E-state index contributed by atoms with van der Waals surface area (Å²) in [5, 5.41) is 7.20. The minimum absolute atomic E-state index is 0.975. The largest absolute Gasteiger partial charge is 0.281 e. The molecule has 0 spiro atoms. The SMILES string of the molecule is Cc1ccc(-c2n[nH]c(C)c2Br)cc1. The number of nitrogens with one attached hydrogen (secondary N) is 1. The average molecular weight is 251 g/mol. The van der Waals surface area contributed by atoms with Gasteiger partial charge in [0.15, 0.2) is 0 Å². The molecule has 2 nitrogen and oxygen atoms in total. The third-order valence-corrected chi connectivity index (χ3v) is 3.17. The number of aromatic nitrogens is 2. The van der Waals surface area contributed by atoms with Gasteiger partial charge >= 0.3 is 0 Å². The van der Waals surface area contributed by atoms with E-state index in [9.17, 15) is 0 Å². The van der Waals surface area contributed by atoms with Gasteiger partial charge in [-0.1, -0.05) is 29.8 Å². The smallest absolute Gasteiger partial charge is 0.107 e. The molecule has 2 rings (SSSR count). The van der Waals surface area contributed by atoms with Crippen molar-refractivity contribution in [2.45, 2.75) is 13.8 Å². The molecule has 0 saturated carbocycles. The zero-order valence-electron chi connectivity index (χ0n) is 8.13. The van der Waals surface area contributed by atoms with Gasteiger partial charge in [0, 0.05) is 11.3 Å². The monoisotopic (exact) mass is 250 g/mol. The Hall–Kier alpha value is -1.09. The van der Waals surface area contributed by atoms with Gasteiger partial charge in [0.1, 0.15) is 5.69 Å². The molecular formula is C11H11BrN2. The number of aromatic amines is 1. The topological polar surface area (TPSA) is 28.7 Å². The summed E-state index contributed by atoms with van der Waals surface area (Å²) < 4.78 is 1.04. The van der Waals surface area contributed by atoms with Crippen molar-refractivity contribution in [3.63, 3.8) is 0 Å². The maximum atomic E-state index is 4.24. The second-order valence-corrected chi connectivity index (χ2v) is 4.17. The molecule has 0 fully saturated rings. The third-order valence-electron chi connectivity index (χ3n) is 2.20. The first-order valence-corrected chi connectivity index (χ1v) is 5.25. The lowest BCUT2D eigenvalue weighted by molar-refractivity contribution is 1.05. The van der Waals surface area contributed by atoms with E-state index in [0.717, 1.165) is 21.4 Å². The zero-order chi connectivity index (χ0) is 10.1. The summed E-state index contributed by atoms with van der Waals surface area (Å²) in [5.41, 5.74) is 4.42. The number of halogens is 1. The molecule has 0 aliphatic carbocycles. The Kier molecular flexibility index (Phi) is 2.42.